The lowest BCUT2D eigenvalue weighted by molar-refractivity contribution is -0.118. The van der Waals surface area contributed by atoms with Crippen molar-refractivity contribution in [2.24, 2.45) is 0 Å². The van der Waals surface area contributed by atoms with Crippen LogP contribution in [0.3, 0.4) is 0 Å². The highest BCUT2D eigenvalue weighted by Gasteiger charge is 2.38. The minimum atomic E-state index is -3.47. The molecule has 3 aromatic rings. The van der Waals surface area contributed by atoms with Crippen LogP contribution in [0.15, 0.2) is 54.7 Å². The van der Waals surface area contributed by atoms with Gasteiger partial charge in [0.1, 0.15) is 11.9 Å². The molecule has 2 aromatic carbocycles. The fraction of sp³-hybridized carbons (Fsp3) is 0.406. The summed E-state index contributed by atoms with van der Waals surface area (Å²) in [6.45, 7) is 0.761. The van der Waals surface area contributed by atoms with Gasteiger partial charge in [-0.3, -0.25) is 4.79 Å². The number of benzene rings is 2. The van der Waals surface area contributed by atoms with Crippen molar-refractivity contribution in [3.8, 4) is 5.88 Å². The number of hydrogen-bond donors (Lipinski definition) is 3. The maximum absolute atomic E-state index is 15.3. The molecule has 3 N–H and O–H groups in total. The number of amides is 2. The maximum atomic E-state index is 15.3. The molecule has 2 fully saturated rings. The van der Waals surface area contributed by atoms with Crippen LogP contribution in [0.25, 0.3) is 0 Å². The van der Waals surface area contributed by atoms with E-state index in [9.17, 15) is 26.8 Å². The summed E-state index contributed by atoms with van der Waals surface area (Å²) in [5.41, 5.74) is 0.717. The highest BCUT2D eigenvalue weighted by Crippen LogP contribution is 2.32. The predicted molar refractivity (Wildman–Crippen MR) is 167 cm³/mol. The van der Waals surface area contributed by atoms with Gasteiger partial charge in [0, 0.05) is 54.6 Å². The van der Waals surface area contributed by atoms with Crippen LogP contribution in [0.4, 0.5) is 23.7 Å². The van der Waals surface area contributed by atoms with Crippen molar-refractivity contribution in [1.82, 2.24) is 19.9 Å². The number of alkyl carbamates (subject to hydrolysis) is 1. The minimum absolute atomic E-state index is 0.0557. The van der Waals surface area contributed by atoms with Gasteiger partial charge < -0.3 is 25.4 Å². The average Bonchev–Trinajstić information content (AvgIpc) is 3.17. The molecule has 2 saturated heterocycles. The second kappa shape index (κ2) is 14.7. The first-order valence-corrected chi connectivity index (χ1v) is 16.7. The van der Waals surface area contributed by atoms with E-state index in [2.05, 4.69) is 20.9 Å². The van der Waals surface area contributed by atoms with E-state index in [1.807, 2.05) is 0 Å². The van der Waals surface area contributed by atoms with Crippen LogP contribution in [-0.2, 0) is 26.0 Å². The second-order valence-electron chi connectivity index (χ2n) is 11.5. The van der Waals surface area contributed by atoms with E-state index in [-0.39, 0.29) is 47.3 Å². The van der Waals surface area contributed by atoms with Gasteiger partial charge in [0.2, 0.25) is 21.8 Å². The quantitative estimate of drug-likeness (QED) is 0.296. The van der Waals surface area contributed by atoms with E-state index in [1.54, 1.807) is 6.07 Å². The molecule has 2 aliphatic rings. The van der Waals surface area contributed by atoms with E-state index in [0.717, 1.165) is 25.7 Å². The first-order chi connectivity index (χ1) is 22.5. The van der Waals surface area contributed by atoms with Crippen LogP contribution in [0.2, 0.25) is 0 Å². The SMILES string of the molecule is COC(=O)N[C@H](C(=O)Nc1cccc(F)c1CCC1CNC2CCCS(=O)(=O)N1C2)[C@@H](c1ccc(OC)nc1)c1ccc(F)c(F)c1. The number of nitrogens with one attached hydrogen (secondary N) is 3. The Hall–Kier alpha value is -4.21. The van der Waals surface area contributed by atoms with Crippen molar-refractivity contribution in [2.75, 3.05) is 38.4 Å². The summed E-state index contributed by atoms with van der Waals surface area (Å²) in [6.07, 6.45) is 2.07. The van der Waals surface area contributed by atoms with E-state index < -0.39 is 57.5 Å². The zero-order chi connectivity index (χ0) is 33.7. The monoisotopic (exact) mass is 675 g/mol. The molecule has 0 aliphatic carbocycles. The minimum Gasteiger partial charge on any atom is -0.481 e. The fourth-order valence-electron chi connectivity index (χ4n) is 6.16. The molecule has 252 valence electrons. The van der Waals surface area contributed by atoms with Crippen molar-refractivity contribution in [3.05, 3.63) is 88.9 Å². The Morgan fingerprint density at radius 3 is 2.55 bits per heavy atom. The van der Waals surface area contributed by atoms with Gasteiger partial charge in [-0.05, 0) is 61.1 Å². The third kappa shape index (κ3) is 7.85. The van der Waals surface area contributed by atoms with Crippen molar-refractivity contribution in [2.45, 2.75) is 49.7 Å². The van der Waals surface area contributed by atoms with Crippen molar-refractivity contribution in [1.29, 1.82) is 0 Å². The first-order valence-electron chi connectivity index (χ1n) is 15.1. The Morgan fingerprint density at radius 1 is 1.06 bits per heavy atom. The zero-order valence-electron chi connectivity index (χ0n) is 25.8. The third-order valence-electron chi connectivity index (χ3n) is 8.57. The summed E-state index contributed by atoms with van der Waals surface area (Å²) < 4.78 is 81.1. The Bertz CT molecular complexity index is 1710. The number of hydrogen-bond acceptors (Lipinski definition) is 8. The molecular formula is C32H36F3N5O6S. The molecule has 15 heteroatoms. The van der Waals surface area contributed by atoms with Crippen LogP contribution >= 0.6 is 0 Å². The molecule has 1 aromatic heterocycles. The van der Waals surface area contributed by atoms with Crippen LogP contribution in [0.1, 0.15) is 41.9 Å². The molecule has 3 heterocycles. The third-order valence-corrected chi connectivity index (χ3v) is 10.5. The molecule has 5 rings (SSSR count). The second-order valence-corrected chi connectivity index (χ2v) is 13.5. The Labute approximate surface area is 270 Å². The molecular weight excluding hydrogens is 639 g/mol. The van der Waals surface area contributed by atoms with Gasteiger partial charge in [-0.2, -0.15) is 4.31 Å². The molecule has 2 bridgehead atoms. The molecule has 3 unspecified atom stereocenters. The van der Waals surface area contributed by atoms with Crippen molar-refractivity contribution >= 4 is 27.7 Å². The number of methoxy groups -OCH3 is 2. The van der Waals surface area contributed by atoms with Gasteiger partial charge in [0.15, 0.2) is 11.6 Å². The molecule has 5 atom stereocenters. The smallest absolute Gasteiger partial charge is 0.407 e. The van der Waals surface area contributed by atoms with E-state index in [1.165, 1.54) is 47.9 Å². The lowest BCUT2D eigenvalue weighted by Gasteiger charge is -2.37. The standard InChI is InChI=1S/C32H36F3N5O6S/c1-45-28-13-9-20(16-37-28)29(19-8-12-25(34)26(35)15-19)30(39-32(42)46-2)31(41)38-27-7-3-6-24(33)23(27)11-10-22-17-36-21-5-4-14-47(43,44)40(22)18-21/h3,6-9,12-13,15-16,21-22,29-30,36H,4-5,10-11,14,17-18H2,1-2H3,(H,38,41)(H,39,42)/t21?,22?,29-,30+/m1/s1. The van der Waals surface area contributed by atoms with Gasteiger partial charge in [0.05, 0.1) is 20.0 Å². The first kappa shape index (κ1) is 34.1. The van der Waals surface area contributed by atoms with Crippen LogP contribution in [-0.4, -0.2) is 80.9 Å². The average molecular weight is 676 g/mol. The molecule has 11 nitrogen and oxygen atoms in total. The Balaban J connectivity index is 1.46. The highest BCUT2D eigenvalue weighted by molar-refractivity contribution is 7.89. The predicted octanol–water partition coefficient (Wildman–Crippen LogP) is 3.70. The van der Waals surface area contributed by atoms with Gasteiger partial charge in [-0.1, -0.05) is 18.2 Å². The summed E-state index contributed by atoms with van der Waals surface area (Å²) in [7, 11) is -0.956. The summed E-state index contributed by atoms with van der Waals surface area (Å²) in [6, 6.07) is 8.46. The molecule has 47 heavy (non-hydrogen) atoms. The van der Waals surface area contributed by atoms with Gasteiger partial charge in [0.25, 0.3) is 0 Å². The molecule has 0 spiro atoms. The Kier molecular flexibility index (Phi) is 10.7. The topological polar surface area (TPSA) is 139 Å². The summed E-state index contributed by atoms with van der Waals surface area (Å²) in [5, 5.41) is 8.56. The zero-order valence-corrected chi connectivity index (χ0v) is 26.7. The molecule has 2 aliphatic heterocycles. The Morgan fingerprint density at radius 2 is 1.85 bits per heavy atom. The maximum Gasteiger partial charge on any atom is 0.407 e. The number of carbonyl (C=O) groups is 2. The van der Waals surface area contributed by atoms with Crippen LogP contribution in [0.5, 0.6) is 5.88 Å². The number of halogens is 3. The number of rotatable bonds is 10. The number of anilines is 1. The summed E-state index contributed by atoms with van der Waals surface area (Å²) in [5.74, 6) is -4.52. The molecule has 2 amide bonds. The number of ether oxygens (including phenoxy) is 2. The molecule has 0 radical (unpaired) electrons. The number of piperazine rings is 1. The molecule has 0 saturated carbocycles. The van der Waals surface area contributed by atoms with Gasteiger partial charge in [-0.25, -0.2) is 31.4 Å². The van der Waals surface area contributed by atoms with E-state index in [4.69, 9.17) is 9.47 Å². The summed E-state index contributed by atoms with van der Waals surface area (Å²) >= 11 is 0. The number of fused-ring (bicyclic) bond motifs is 2. The number of pyridine rings is 1. The van der Waals surface area contributed by atoms with E-state index in [0.29, 0.717) is 25.1 Å². The van der Waals surface area contributed by atoms with E-state index >= 15 is 4.39 Å². The lowest BCUT2D eigenvalue weighted by atomic mass is 9.85. The highest BCUT2D eigenvalue weighted by atomic mass is 32.2. The van der Waals surface area contributed by atoms with Crippen molar-refractivity contribution in [3.63, 3.8) is 0 Å². The normalized spacial score (nSPS) is 21.5. The van der Waals surface area contributed by atoms with Gasteiger partial charge in [-0.15, -0.1) is 0 Å². The lowest BCUT2D eigenvalue weighted by Crippen LogP contribution is -2.57. The number of carbonyl (C=O) groups excluding carboxylic acids is 2. The number of sulfonamides is 1. The van der Waals surface area contributed by atoms with Crippen LogP contribution in [0, 0.1) is 17.5 Å². The number of nitrogens with zero attached hydrogens (tertiary/aromatic N) is 2. The van der Waals surface area contributed by atoms with Crippen LogP contribution < -0.4 is 20.7 Å². The summed E-state index contributed by atoms with van der Waals surface area (Å²) in [4.78, 5) is 30.7. The largest absolute Gasteiger partial charge is 0.481 e. The number of aromatic nitrogens is 1. The van der Waals surface area contributed by atoms with Crippen molar-refractivity contribution < 1.29 is 40.7 Å². The van der Waals surface area contributed by atoms with Gasteiger partial charge >= 0.3 is 6.09 Å². The fourth-order valence-corrected chi connectivity index (χ4v) is 7.97.